The van der Waals surface area contributed by atoms with Gasteiger partial charge in [0.1, 0.15) is 17.3 Å². The molecule has 0 bridgehead atoms. The van der Waals surface area contributed by atoms with Crippen LogP contribution in [0.4, 0.5) is 0 Å². The number of likely N-dealkylation sites (tertiary alicyclic amines) is 1. The van der Waals surface area contributed by atoms with Crippen LogP contribution in [0.25, 0.3) is 5.76 Å². The summed E-state index contributed by atoms with van der Waals surface area (Å²) in [5.74, 6) is -0.214. The van der Waals surface area contributed by atoms with Crippen molar-refractivity contribution in [3.05, 3.63) is 101 Å². The maximum Gasteiger partial charge on any atom is 0.295 e. The molecule has 1 atom stereocenters. The maximum absolute atomic E-state index is 13.2. The van der Waals surface area contributed by atoms with Crippen LogP contribution in [0.1, 0.15) is 42.1 Å². The molecule has 1 fully saturated rings. The summed E-state index contributed by atoms with van der Waals surface area (Å²) in [5, 5.41) is 11.2. The van der Waals surface area contributed by atoms with Crippen LogP contribution in [0.5, 0.6) is 11.5 Å². The predicted molar refractivity (Wildman–Crippen MR) is 134 cm³/mol. The van der Waals surface area contributed by atoms with Gasteiger partial charge in [-0.1, -0.05) is 54.1 Å². The number of carbonyl (C=O) groups excluding carboxylic acids is 2. The number of ketones is 1. The first-order valence-electron chi connectivity index (χ1n) is 11.5. The van der Waals surface area contributed by atoms with Crippen LogP contribution in [-0.2, 0) is 16.1 Å². The number of benzene rings is 3. The topological polar surface area (TPSA) is 76.1 Å². The summed E-state index contributed by atoms with van der Waals surface area (Å²) in [6.45, 7) is 6.01. The van der Waals surface area contributed by atoms with Gasteiger partial charge in [0.05, 0.1) is 24.8 Å². The molecule has 1 unspecified atom stereocenters. The second-order valence-electron chi connectivity index (χ2n) is 8.88. The van der Waals surface area contributed by atoms with E-state index in [1.807, 2.05) is 81.4 Å². The number of methoxy groups -OCH3 is 1. The Morgan fingerprint density at radius 2 is 1.66 bits per heavy atom. The monoisotopic (exact) mass is 471 g/mol. The Morgan fingerprint density at radius 1 is 0.971 bits per heavy atom. The fourth-order valence-electron chi connectivity index (χ4n) is 4.22. The number of Topliss-reactive ketones (excluding diaryl/α,β-unsaturated/α-hetero) is 1. The lowest BCUT2D eigenvalue weighted by atomic mass is 9.95. The Kier molecular flexibility index (Phi) is 6.92. The van der Waals surface area contributed by atoms with Crippen LogP contribution < -0.4 is 9.47 Å². The number of hydrogen-bond acceptors (Lipinski definition) is 5. The molecule has 3 aromatic carbocycles. The minimum Gasteiger partial charge on any atom is -0.507 e. The zero-order valence-corrected chi connectivity index (χ0v) is 20.3. The van der Waals surface area contributed by atoms with Crippen molar-refractivity contribution >= 4 is 17.4 Å². The number of carbonyl (C=O) groups is 2. The Hall–Kier alpha value is -4.06. The highest BCUT2D eigenvalue weighted by Gasteiger charge is 2.46. The summed E-state index contributed by atoms with van der Waals surface area (Å²) >= 11 is 0. The molecule has 180 valence electrons. The van der Waals surface area contributed by atoms with Gasteiger partial charge >= 0.3 is 0 Å². The number of aliphatic hydroxyl groups is 1. The summed E-state index contributed by atoms with van der Waals surface area (Å²) in [6.07, 6.45) is 0.0149. The van der Waals surface area contributed by atoms with Crippen molar-refractivity contribution in [2.45, 2.75) is 39.5 Å². The number of aliphatic hydroxyl groups excluding tert-OH is 1. The Morgan fingerprint density at radius 3 is 2.29 bits per heavy atom. The number of amides is 1. The summed E-state index contributed by atoms with van der Waals surface area (Å²) in [5.41, 5.74) is 3.10. The van der Waals surface area contributed by atoms with Gasteiger partial charge in [0.2, 0.25) is 0 Å². The van der Waals surface area contributed by atoms with Gasteiger partial charge in [-0.3, -0.25) is 9.59 Å². The van der Waals surface area contributed by atoms with E-state index >= 15 is 0 Å². The zero-order valence-electron chi connectivity index (χ0n) is 20.3. The SMILES string of the molecule is COc1cccc(CN2C(=O)C(=O)/C(=C(\O)c3ccc(C)cc3)C2c2ccc(OC(C)C)cc2)c1. The lowest BCUT2D eigenvalue weighted by Crippen LogP contribution is -2.29. The summed E-state index contributed by atoms with van der Waals surface area (Å²) in [6, 6.07) is 21.1. The molecule has 4 rings (SSSR count). The molecule has 3 aromatic rings. The van der Waals surface area contributed by atoms with Crippen LogP contribution in [0.3, 0.4) is 0 Å². The third-order valence-corrected chi connectivity index (χ3v) is 5.92. The molecule has 1 aliphatic heterocycles. The van der Waals surface area contributed by atoms with Crippen molar-refractivity contribution in [2.75, 3.05) is 7.11 Å². The average molecular weight is 472 g/mol. The highest BCUT2D eigenvalue weighted by atomic mass is 16.5. The van der Waals surface area contributed by atoms with Gasteiger partial charge in [0, 0.05) is 12.1 Å². The van der Waals surface area contributed by atoms with E-state index in [-0.39, 0.29) is 24.0 Å². The fourth-order valence-corrected chi connectivity index (χ4v) is 4.22. The molecule has 0 aliphatic carbocycles. The van der Waals surface area contributed by atoms with Crippen LogP contribution in [0.2, 0.25) is 0 Å². The molecule has 0 saturated carbocycles. The number of rotatable bonds is 7. The van der Waals surface area contributed by atoms with E-state index in [1.165, 1.54) is 4.90 Å². The largest absolute Gasteiger partial charge is 0.507 e. The standard InChI is InChI=1S/C29H29NO5/c1-18(2)35-23-14-12-21(13-15-23)26-25(27(31)22-10-8-19(3)9-11-22)28(32)29(33)30(26)17-20-6-5-7-24(16-20)34-4/h5-16,18,26,31H,17H2,1-4H3/b27-25-. The van der Waals surface area contributed by atoms with Crippen molar-refractivity contribution in [3.63, 3.8) is 0 Å². The van der Waals surface area contributed by atoms with E-state index in [0.717, 1.165) is 11.1 Å². The second kappa shape index (κ2) is 10.1. The zero-order chi connectivity index (χ0) is 25.1. The smallest absolute Gasteiger partial charge is 0.295 e. The van der Waals surface area contributed by atoms with Crippen molar-refractivity contribution in [1.29, 1.82) is 0 Å². The first-order chi connectivity index (χ1) is 16.8. The molecule has 35 heavy (non-hydrogen) atoms. The third-order valence-electron chi connectivity index (χ3n) is 5.92. The normalized spacial score (nSPS) is 17.2. The highest BCUT2D eigenvalue weighted by Crippen LogP contribution is 2.41. The molecule has 1 heterocycles. The van der Waals surface area contributed by atoms with Crippen molar-refractivity contribution in [2.24, 2.45) is 0 Å². The molecule has 1 N–H and O–H groups in total. The van der Waals surface area contributed by atoms with Gasteiger partial charge < -0.3 is 19.5 Å². The van der Waals surface area contributed by atoms with Crippen LogP contribution in [0, 0.1) is 6.92 Å². The number of aryl methyl sites for hydroxylation is 1. The molecule has 6 nitrogen and oxygen atoms in total. The maximum atomic E-state index is 13.2. The average Bonchev–Trinajstić information content (AvgIpc) is 3.09. The quantitative estimate of drug-likeness (QED) is 0.283. The van der Waals surface area contributed by atoms with Crippen LogP contribution in [0.15, 0.2) is 78.4 Å². The highest BCUT2D eigenvalue weighted by molar-refractivity contribution is 6.46. The van der Waals surface area contributed by atoms with E-state index in [2.05, 4.69) is 0 Å². The molecular weight excluding hydrogens is 442 g/mol. The molecule has 0 aromatic heterocycles. The molecule has 1 saturated heterocycles. The van der Waals surface area contributed by atoms with Gasteiger partial charge in [-0.15, -0.1) is 0 Å². The van der Waals surface area contributed by atoms with Crippen molar-refractivity contribution < 1.29 is 24.2 Å². The van der Waals surface area contributed by atoms with Crippen LogP contribution >= 0.6 is 0 Å². The lowest BCUT2D eigenvalue weighted by Gasteiger charge is -2.26. The van der Waals surface area contributed by atoms with Gasteiger partial charge in [0.25, 0.3) is 11.7 Å². The molecule has 0 radical (unpaired) electrons. The Labute approximate surface area is 205 Å². The number of ether oxygens (including phenoxy) is 2. The Bertz CT molecular complexity index is 1260. The second-order valence-corrected chi connectivity index (χ2v) is 8.88. The minimum absolute atomic E-state index is 0.0149. The van der Waals surface area contributed by atoms with E-state index in [9.17, 15) is 14.7 Å². The van der Waals surface area contributed by atoms with E-state index in [0.29, 0.717) is 22.6 Å². The molecule has 0 spiro atoms. The minimum atomic E-state index is -0.754. The number of nitrogens with zero attached hydrogens (tertiary/aromatic N) is 1. The first kappa shape index (κ1) is 24.1. The first-order valence-corrected chi connectivity index (χ1v) is 11.5. The van der Waals surface area contributed by atoms with Crippen molar-refractivity contribution in [1.82, 2.24) is 4.90 Å². The van der Waals surface area contributed by atoms with E-state index < -0.39 is 17.7 Å². The molecular formula is C29H29NO5. The van der Waals surface area contributed by atoms with E-state index in [1.54, 1.807) is 19.2 Å². The van der Waals surface area contributed by atoms with E-state index in [4.69, 9.17) is 9.47 Å². The summed E-state index contributed by atoms with van der Waals surface area (Å²) in [4.78, 5) is 28.0. The molecule has 1 aliphatic rings. The van der Waals surface area contributed by atoms with Gasteiger partial charge in [-0.2, -0.15) is 0 Å². The third kappa shape index (κ3) is 5.06. The van der Waals surface area contributed by atoms with Crippen LogP contribution in [-0.4, -0.2) is 34.9 Å². The Balaban J connectivity index is 1.81. The predicted octanol–water partition coefficient (Wildman–Crippen LogP) is 5.41. The number of hydrogen-bond donors (Lipinski definition) is 1. The van der Waals surface area contributed by atoms with Gasteiger partial charge in [-0.05, 0) is 56.2 Å². The lowest BCUT2D eigenvalue weighted by molar-refractivity contribution is -0.140. The van der Waals surface area contributed by atoms with Gasteiger partial charge in [-0.25, -0.2) is 0 Å². The van der Waals surface area contributed by atoms with Crippen molar-refractivity contribution in [3.8, 4) is 11.5 Å². The summed E-state index contributed by atoms with van der Waals surface area (Å²) < 4.78 is 11.1. The molecule has 6 heteroatoms. The van der Waals surface area contributed by atoms with Gasteiger partial charge in [0.15, 0.2) is 0 Å². The fraction of sp³-hybridized carbons (Fsp3) is 0.241. The molecule has 1 amide bonds. The summed E-state index contributed by atoms with van der Waals surface area (Å²) in [7, 11) is 1.58.